The van der Waals surface area contributed by atoms with Crippen LogP contribution in [0.2, 0.25) is 0 Å². The normalized spacial score (nSPS) is 20.8. The molecule has 2 nitrogen and oxygen atoms in total. The maximum Gasteiger partial charge on any atom is 0.258 e. The molecule has 1 aromatic carbocycles. The van der Waals surface area contributed by atoms with Gasteiger partial charge in [-0.1, -0.05) is 30.3 Å². The van der Waals surface area contributed by atoms with Gasteiger partial charge in [0.05, 0.1) is 0 Å². The molecular weight excluding hydrogens is 208 g/mol. The van der Waals surface area contributed by atoms with Crippen LogP contribution in [-0.2, 0) is 14.2 Å². The second-order valence-electron chi connectivity index (χ2n) is 2.31. The predicted octanol–water partition coefficient (Wildman–Crippen LogP) is 2.20. The first-order valence-electron chi connectivity index (χ1n) is 3.34. The van der Waals surface area contributed by atoms with E-state index in [4.69, 9.17) is 9.47 Å². The zero-order valence-corrected chi connectivity index (χ0v) is 7.37. The van der Waals surface area contributed by atoms with Gasteiger partial charge in [-0.05, 0) is 15.9 Å². The molecule has 58 valence electrons. The van der Waals surface area contributed by atoms with Crippen molar-refractivity contribution in [3.05, 3.63) is 35.9 Å². The lowest BCUT2D eigenvalue weighted by Crippen LogP contribution is -2.37. The van der Waals surface area contributed by atoms with Crippen LogP contribution in [0, 0.1) is 0 Å². The van der Waals surface area contributed by atoms with Crippen molar-refractivity contribution in [2.45, 2.75) is 4.70 Å². The largest absolute Gasteiger partial charge is 0.310 e. The van der Waals surface area contributed by atoms with Crippen molar-refractivity contribution in [2.75, 3.05) is 6.79 Å². The molecule has 1 aromatic rings. The fraction of sp³-hybridized carbons (Fsp3) is 0.250. The van der Waals surface area contributed by atoms with Crippen molar-refractivity contribution < 1.29 is 9.47 Å². The number of alkyl halides is 1. The summed E-state index contributed by atoms with van der Waals surface area (Å²) in [6.07, 6.45) is 0. The Morgan fingerprint density at radius 1 is 1.18 bits per heavy atom. The molecule has 0 unspecified atom stereocenters. The fourth-order valence-corrected chi connectivity index (χ4v) is 1.42. The Kier molecular flexibility index (Phi) is 1.71. The van der Waals surface area contributed by atoms with Crippen LogP contribution < -0.4 is 0 Å². The van der Waals surface area contributed by atoms with Gasteiger partial charge >= 0.3 is 0 Å². The maximum atomic E-state index is 5.20. The number of hydrogen-bond donors (Lipinski definition) is 0. The fourth-order valence-electron chi connectivity index (χ4n) is 0.966. The third kappa shape index (κ3) is 1.20. The molecule has 0 bridgehead atoms. The van der Waals surface area contributed by atoms with Crippen LogP contribution in [-0.4, -0.2) is 6.79 Å². The first-order valence-corrected chi connectivity index (χ1v) is 4.13. The molecule has 0 radical (unpaired) electrons. The molecule has 0 spiro atoms. The molecule has 0 amide bonds. The first-order chi connectivity index (χ1) is 5.31. The first kappa shape index (κ1) is 7.28. The lowest BCUT2D eigenvalue weighted by atomic mass is 10.2. The highest BCUT2D eigenvalue weighted by atomic mass is 79.9. The van der Waals surface area contributed by atoms with E-state index in [0.717, 1.165) is 5.56 Å². The molecule has 1 aliphatic heterocycles. The molecule has 0 saturated carbocycles. The minimum absolute atomic E-state index is 0.361. The smallest absolute Gasteiger partial charge is 0.258 e. The van der Waals surface area contributed by atoms with E-state index in [1.54, 1.807) is 0 Å². The zero-order valence-electron chi connectivity index (χ0n) is 5.79. The molecule has 1 saturated heterocycles. The minimum atomic E-state index is -0.672. The predicted molar refractivity (Wildman–Crippen MR) is 44.1 cm³/mol. The van der Waals surface area contributed by atoms with E-state index in [2.05, 4.69) is 15.9 Å². The Hall–Kier alpha value is -0.380. The van der Waals surface area contributed by atoms with E-state index in [1.807, 2.05) is 30.3 Å². The number of halogens is 1. The molecule has 0 N–H and O–H groups in total. The molecular formula is C8H7BrO2. The van der Waals surface area contributed by atoms with Gasteiger partial charge < -0.3 is 9.47 Å². The maximum absolute atomic E-state index is 5.20. The van der Waals surface area contributed by atoms with E-state index in [-0.39, 0.29) is 0 Å². The monoisotopic (exact) mass is 214 g/mol. The molecule has 0 aromatic heterocycles. The topological polar surface area (TPSA) is 18.5 Å². The Morgan fingerprint density at radius 3 is 2.27 bits per heavy atom. The van der Waals surface area contributed by atoms with E-state index in [9.17, 15) is 0 Å². The summed E-state index contributed by atoms with van der Waals surface area (Å²) in [5, 5.41) is 0. The highest BCUT2D eigenvalue weighted by Crippen LogP contribution is 2.40. The number of ether oxygens (including phenoxy) is 2. The lowest BCUT2D eigenvalue weighted by Gasteiger charge is -2.36. The summed E-state index contributed by atoms with van der Waals surface area (Å²) in [4.78, 5) is 0. The number of hydrogen-bond acceptors (Lipinski definition) is 2. The second kappa shape index (κ2) is 2.59. The van der Waals surface area contributed by atoms with E-state index in [0.29, 0.717) is 6.79 Å². The summed E-state index contributed by atoms with van der Waals surface area (Å²) in [6.45, 7) is 0.361. The van der Waals surface area contributed by atoms with Crippen molar-refractivity contribution >= 4 is 15.9 Å². The van der Waals surface area contributed by atoms with Gasteiger partial charge in [-0.15, -0.1) is 0 Å². The van der Waals surface area contributed by atoms with Crippen molar-refractivity contribution in [1.29, 1.82) is 0 Å². The number of rotatable bonds is 1. The van der Waals surface area contributed by atoms with Gasteiger partial charge in [-0.3, -0.25) is 0 Å². The van der Waals surface area contributed by atoms with Crippen LogP contribution in [0.3, 0.4) is 0 Å². The highest BCUT2D eigenvalue weighted by molar-refractivity contribution is 9.09. The molecule has 11 heavy (non-hydrogen) atoms. The van der Waals surface area contributed by atoms with Gasteiger partial charge in [0.2, 0.25) is 0 Å². The SMILES string of the molecule is BrC1(c2ccccc2)OCO1. The molecule has 3 heteroatoms. The van der Waals surface area contributed by atoms with E-state index < -0.39 is 4.70 Å². The Balaban J connectivity index is 2.29. The van der Waals surface area contributed by atoms with Crippen molar-refractivity contribution in [3.8, 4) is 0 Å². The molecule has 1 heterocycles. The van der Waals surface area contributed by atoms with E-state index >= 15 is 0 Å². The quantitative estimate of drug-likeness (QED) is 0.668. The second-order valence-corrected chi connectivity index (χ2v) is 3.35. The van der Waals surface area contributed by atoms with Gasteiger partial charge in [0.15, 0.2) is 6.79 Å². The summed E-state index contributed by atoms with van der Waals surface area (Å²) in [5.41, 5.74) is 0.992. The van der Waals surface area contributed by atoms with Gasteiger partial charge in [0.1, 0.15) is 0 Å². The summed E-state index contributed by atoms with van der Waals surface area (Å²) in [5.74, 6) is 0. The summed E-state index contributed by atoms with van der Waals surface area (Å²) in [7, 11) is 0. The minimum Gasteiger partial charge on any atom is -0.310 e. The van der Waals surface area contributed by atoms with E-state index in [1.165, 1.54) is 0 Å². The van der Waals surface area contributed by atoms with Crippen LogP contribution in [0.4, 0.5) is 0 Å². The van der Waals surface area contributed by atoms with Gasteiger partial charge in [0.25, 0.3) is 4.70 Å². The van der Waals surface area contributed by atoms with Gasteiger partial charge in [-0.2, -0.15) is 0 Å². The number of benzene rings is 1. The summed E-state index contributed by atoms with van der Waals surface area (Å²) >= 11 is 3.33. The summed E-state index contributed by atoms with van der Waals surface area (Å²) in [6, 6.07) is 9.76. The third-order valence-corrected chi connectivity index (χ3v) is 2.52. The van der Waals surface area contributed by atoms with Gasteiger partial charge in [-0.25, -0.2) is 0 Å². The standard InChI is InChI=1S/C8H7BrO2/c9-8(10-6-11-8)7-4-2-1-3-5-7/h1-5H,6H2. The zero-order chi connectivity index (χ0) is 7.73. The van der Waals surface area contributed by atoms with Gasteiger partial charge in [0, 0.05) is 5.56 Å². The molecule has 0 aliphatic carbocycles. The van der Waals surface area contributed by atoms with Crippen LogP contribution in [0.25, 0.3) is 0 Å². The third-order valence-electron chi connectivity index (χ3n) is 1.61. The van der Waals surface area contributed by atoms with Crippen molar-refractivity contribution in [1.82, 2.24) is 0 Å². The average Bonchev–Trinajstić information content (AvgIpc) is 2.02. The Labute approximate surface area is 73.3 Å². The Morgan fingerprint density at radius 2 is 1.82 bits per heavy atom. The van der Waals surface area contributed by atoms with Crippen LogP contribution >= 0.6 is 15.9 Å². The summed E-state index contributed by atoms with van der Waals surface area (Å²) < 4.78 is 9.73. The van der Waals surface area contributed by atoms with Crippen molar-refractivity contribution in [3.63, 3.8) is 0 Å². The Bertz CT molecular complexity index is 244. The van der Waals surface area contributed by atoms with Crippen LogP contribution in [0.15, 0.2) is 30.3 Å². The van der Waals surface area contributed by atoms with Crippen LogP contribution in [0.1, 0.15) is 5.56 Å². The lowest BCUT2D eigenvalue weighted by molar-refractivity contribution is -0.349. The molecule has 1 fully saturated rings. The average molecular weight is 215 g/mol. The van der Waals surface area contributed by atoms with Crippen molar-refractivity contribution in [2.24, 2.45) is 0 Å². The van der Waals surface area contributed by atoms with Crippen LogP contribution in [0.5, 0.6) is 0 Å². The molecule has 1 aliphatic rings. The molecule has 2 rings (SSSR count). The molecule has 0 atom stereocenters. The highest BCUT2D eigenvalue weighted by Gasteiger charge is 2.38.